The highest BCUT2D eigenvalue weighted by atomic mass is 16.5. The molecule has 0 heterocycles. The third-order valence-electron chi connectivity index (χ3n) is 2.84. The molecule has 0 fully saturated rings. The summed E-state index contributed by atoms with van der Waals surface area (Å²) in [5.41, 5.74) is 6.94. The van der Waals surface area contributed by atoms with Crippen molar-refractivity contribution in [1.82, 2.24) is 0 Å². The van der Waals surface area contributed by atoms with Gasteiger partial charge < -0.3 is 10.5 Å². The van der Waals surface area contributed by atoms with Gasteiger partial charge >= 0.3 is 0 Å². The van der Waals surface area contributed by atoms with Gasteiger partial charge in [0, 0.05) is 0 Å². The summed E-state index contributed by atoms with van der Waals surface area (Å²) in [4.78, 5) is 0. The van der Waals surface area contributed by atoms with Crippen molar-refractivity contribution >= 4 is 0 Å². The van der Waals surface area contributed by atoms with E-state index in [4.69, 9.17) is 10.5 Å². The average molecular weight is 193 g/mol. The van der Waals surface area contributed by atoms with E-state index in [-0.39, 0.29) is 0 Å². The largest absolute Gasteiger partial charge is 0.497 e. The van der Waals surface area contributed by atoms with Crippen molar-refractivity contribution in [2.75, 3.05) is 13.7 Å². The van der Waals surface area contributed by atoms with Gasteiger partial charge in [0.15, 0.2) is 0 Å². The van der Waals surface area contributed by atoms with Gasteiger partial charge in [-0.25, -0.2) is 0 Å². The maximum absolute atomic E-state index is 5.65. The summed E-state index contributed by atoms with van der Waals surface area (Å²) >= 11 is 0. The Bertz CT molecular complexity index is 285. The molecule has 1 aromatic carbocycles. The molecule has 0 spiro atoms. The lowest BCUT2D eigenvalue weighted by Crippen LogP contribution is -2.16. The molecule has 0 saturated heterocycles. The van der Waals surface area contributed by atoms with Crippen LogP contribution in [0.3, 0.4) is 0 Å². The number of nitrogens with two attached hydrogens (primary N) is 1. The Balaban J connectivity index is 2.83. The Kier molecular flexibility index (Phi) is 3.96. The molecule has 0 saturated carbocycles. The minimum absolute atomic E-state index is 0.482. The predicted molar refractivity (Wildman–Crippen MR) is 59.6 cm³/mol. The van der Waals surface area contributed by atoms with E-state index < -0.39 is 0 Å². The molecule has 1 rings (SSSR count). The van der Waals surface area contributed by atoms with Gasteiger partial charge in [-0.2, -0.15) is 0 Å². The average Bonchev–Trinajstić information content (AvgIpc) is 2.27. The second-order valence-electron chi connectivity index (χ2n) is 3.78. The number of benzene rings is 1. The molecule has 14 heavy (non-hydrogen) atoms. The van der Waals surface area contributed by atoms with Crippen LogP contribution in [0.2, 0.25) is 0 Å². The number of hydrogen-bond acceptors (Lipinski definition) is 2. The van der Waals surface area contributed by atoms with Crippen LogP contribution in [-0.4, -0.2) is 13.7 Å². The molecular weight excluding hydrogens is 174 g/mol. The van der Waals surface area contributed by atoms with Gasteiger partial charge in [0.05, 0.1) is 7.11 Å². The summed E-state index contributed by atoms with van der Waals surface area (Å²) in [5, 5.41) is 0. The van der Waals surface area contributed by atoms with Crippen LogP contribution < -0.4 is 10.5 Å². The zero-order chi connectivity index (χ0) is 10.6. The lowest BCUT2D eigenvalue weighted by Gasteiger charge is -2.18. The molecule has 1 aromatic rings. The second-order valence-corrected chi connectivity index (χ2v) is 3.78. The predicted octanol–water partition coefficient (Wildman–Crippen LogP) is 2.39. The van der Waals surface area contributed by atoms with E-state index >= 15 is 0 Å². The van der Waals surface area contributed by atoms with E-state index in [0.29, 0.717) is 11.8 Å². The lowest BCUT2D eigenvalue weighted by atomic mass is 9.89. The maximum Gasteiger partial charge on any atom is 0.119 e. The van der Waals surface area contributed by atoms with Crippen LogP contribution >= 0.6 is 0 Å². The van der Waals surface area contributed by atoms with E-state index in [0.717, 1.165) is 12.3 Å². The molecule has 0 aliphatic rings. The van der Waals surface area contributed by atoms with Gasteiger partial charge in [0.1, 0.15) is 5.75 Å². The third-order valence-corrected chi connectivity index (χ3v) is 2.84. The van der Waals surface area contributed by atoms with Crippen molar-refractivity contribution in [3.05, 3.63) is 29.8 Å². The summed E-state index contributed by atoms with van der Waals surface area (Å²) in [6.45, 7) is 5.09. The molecule has 2 N–H and O–H groups in total. The van der Waals surface area contributed by atoms with Crippen LogP contribution in [0, 0.1) is 5.92 Å². The van der Waals surface area contributed by atoms with E-state index in [1.54, 1.807) is 7.11 Å². The van der Waals surface area contributed by atoms with Crippen molar-refractivity contribution < 1.29 is 4.74 Å². The van der Waals surface area contributed by atoms with Crippen molar-refractivity contribution in [3.8, 4) is 5.75 Å². The third kappa shape index (κ3) is 2.48. The van der Waals surface area contributed by atoms with E-state index in [2.05, 4.69) is 26.0 Å². The summed E-state index contributed by atoms with van der Waals surface area (Å²) in [7, 11) is 1.69. The first-order chi connectivity index (χ1) is 6.69. The second kappa shape index (κ2) is 5.01. The summed E-state index contributed by atoms with van der Waals surface area (Å²) in [5.74, 6) is 1.90. The molecular formula is C12H19NO. The SMILES string of the molecule is COc1cccc(C(C)C(C)CN)c1. The Labute approximate surface area is 86.1 Å². The molecule has 0 amide bonds. The molecule has 78 valence electrons. The molecule has 2 heteroatoms. The molecule has 0 radical (unpaired) electrons. The molecule has 0 aliphatic heterocycles. The normalized spacial score (nSPS) is 14.9. The van der Waals surface area contributed by atoms with Crippen molar-refractivity contribution in [2.45, 2.75) is 19.8 Å². The standard InChI is InChI=1S/C12H19NO/c1-9(8-13)10(2)11-5-4-6-12(7-11)14-3/h4-7,9-10H,8,13H2,1-3H3. The Hall–Kier alpha value is -1.02. The first-order valence-corrected chi connectivity index (χ1v) is 5.03. The summed E-state index contributed by atoms with van der Waals surface area (Å²) in [6.07, 6.45) is 0. The highest BCUT2D eigenvalue weighted by Gasteiger charge is 2.12. The minimum Gasteiger partial charge on any atom is -0.497 e. The smallest absolute Gasteiger partial charge is 0.119 e. The van der Waals surface area contributed by atoms with Gasteiger partial charge in [0.25, 0.3) is 0 Å². The summed E-state index contributed by atoms with van der Waals surface area (Å²) in [6, 6.07) is 8.19. The highest BCUT2D eigenvalue weighted by Crippen LogP contribution is 2.25. The van der Waals surface area contributed by atoms with Gasteiger partial charge in [-0.3, -0.25) is 0 Å². The van der Waals surface area contributed by atoms with Crippen LogP contribution in [0.25, 0.3) is 0 Å². The van der Waals surface area contributed by atoms with E-state index in [1.807, 2.05) is 12.1 Å². The fraction of sp³-hybridized carbons (Fsp3) is 0.500. The van der Waals surface area contributed by atoms with Gasteiger partial charge in [-0.1, -0.05) is 26.0 Å². The molecule has 0 aliphatic carbocycles. The summed E-state index contributed by atoms with van der Waals surface area (Å²) < 4.78 is 5.19. The van der Waals surface area contributed by atoms with Gasteiger partial charge in [-0.05, 0) is 36.1 Å². The van der Waals surface area contributed by atoms with Crippen LogP contribution in [0.15, 0.2) is 24.3 Å². The van der Waals surface area contributed by atoms with Crippen molar-refractivity contribution in [3.63, 3.8) is 0 Å². The zero-order valence-corrected chi connectivity index (χ0v) is 9.16. The topological polar surface area (TPSA) is 35.2 Å². The maximum atomic E-state index is 5.65. The zero-order valence-electron chi connectivity index (χ0n) is 9.16. The van der Waals surface area contributed by atoms with Gasteiger partial charge in [-0.15, -0.1) is 0 Å². The highest BCUT2D eigenvalue weighted by molar-refractivity contribution is 5.30. The van der Waals surface area contributed by atoms with Crippen LogP contribution in [-0.2, 0) is 0 Å². The molecule has 2 nitrogen and oxygen atoms in total. The molecule has 2 unspecified atom stereocenters. The number of ether oxygens (including phenoxy) is 1. The van der Waals surface area contributed by atoms with Crippen LogP contribution in [0.4, 0.5) is 0 Å². The first kappa shape index (κ1) is 11.1. The Morgan fingerprint density at radius 3 is 2.64 bits per heavy atom. The Morgan fingerprint density at radius 1 is 1.36 bits per heavy atom. The number of methoxy groups -OCH3 is 1. The number of rotatable bonds is 4. The first-order valence-electron chi connectivity index (χ1n) is 5.03. The fourth-order valence-electron chi connectivity index (χ4n) is 1.46. The van der Waals surface area contributed by atoms with Crippen molar-refractivity contribution in [2.24, 2.45) is 11.7 Å². The van der Waals surface area contributed by atoms with Gasteiger partial charge in [0.2, 0.25) is 0 Å². The monoisotopic (exact) mass is 193 g/mol. The van der Waals surface area contributed by atoms with Crippen molar-refractivity contribution in [1.29, 1.82) is 0 Å². The minimum atomic E-state index is 0.482. The Morgan fingerprint density at radius 2 is 2.07 bits per heavy atom. The van der Waals surface area contributed by atoms with Crippen LogP contribution in [0.5, 0.6) is 5.75 Å². The fourth-order valence-corrected chi connectivity index (χ4v) is 1.46. The van der Waals surface area contributed by atoms with E-state index in [1.165, 1.54) is 5.56 Å². The van der Waals surface area contributed by atoms with Crippen LogP contribution in [0.1, 0.15) is 25.3 Å². The molecule has 0 bridgehead atoms. The molecule has 2 atom stereocenters. The van der Waals surface area contributed by atoms with E-state index in [9.17, 15) is 0 Å². The molecule has 0 aromatic heterocycles. The quantitative estimate of drug-likeness (QED) is 0.797. The lowest BCUT2D eigenvalue weighted by molar-refractivity contribution is 0.412. The number of hydrogen-bond donors (Lipinski definition) is 1.